The minimum atomic E-state index is -4.11. The molecule has 1 aromatic carbocycles. The number of hydrogen-bond acceptors (Lipinski definition) is 9. The summed E-state index contributed by atoms with van der Waals surface area (Å²) in [6.07, 6.45) is -3.59. The van der Waals surface area contributed by atoms with E-state index in [9.17, 15) is 18.9 Å². The first-order valence-electron chi connectivity index (χ1n) is 10.6. The molecule has 2 aliphatic rings. The average molecular weight is 533 g/mol. The lowest BCUT2D eigenvalue weighted by Crippen LogP contribution is -2.45. The van der Waals surface area contributed by atoms with Gasteiger partial charge in [0.05, 0.1) is 19.3 Å². The molecular weight excluding hydrogens is 510 g/mol. The number of halogens is 2. The molecule has 0 bridgehead atoms. The first kappa shape index (κ1) is 25.7. The third-order valence-corrected chi connectivity index (χ3v) is 7.29. The zero-order valence-electron chi connectivity index (χ0n) is 18.7. The second-order valence-corrected chi connectivity index (χ2v) is 10.3. The highest BCUT2D eigenvalue weighted by Crippen LogP contribution is 2.57. The van der Waals surface area contributed by atoms with E-state index >= 15 is 4.39 Å². The second kappa shape index (κ2) is 9.96. The van der Waals surface area contributed by atoms with Gasteiger partial charge in [0.25, 0.3) is 5.56 Å². The number of carbonyl (C=O) groups is 1. The number of aromatic amines is 1. The number of phosphoric acid groups is 1. The first-order chi connectivity index (χ1) is 16.5. The maximum absolute atomic E-state index is 15.8. The smallest absolute Gasteiger partial charge is 0.456 e. The lowest BCUT2D eigenvalue weighted by Gasteiger charge is -2.30. The molecule has 1 aromatic heterocycles. The van der Waals surface area contributed by atoms with E-state index in [0.29, 0.717) is 17.0 Å². The van der Waals surface area contributed by atoms with Crippen molar-refractivity contribution in [2.45, 2.75) is 50.5 Å². The van der Waals surface area contributed by atoms with Crippen molar-refractivity contribution in [3.05, 3.63) is 68.0 Å². The molecule has 1 N–H and O–H groups in total. The first-order valence-corrected chi connectivity index (χ1v) is 12.5. The van der Waals surface area contributed by atoms with Crippen LogP contribution in [0.25, 0.3) is 0 Å². The standard InChI is InChI=1S/C21H23ClFN2O9P/c1-12(26)32-18-16(33-19(21(18,2)23)25-8-6-17(27)24-20(25)28)11-31-35(29)30-9-7-15(34-35)13-4-3-5-14(22)10-13/h3-6,8,10,15-16,18-19H,7,9,11H2,1-2H3,(H,24,27,28)/t15-,16+,18+,19+,21+,35?/m0/s1. The van der Waals surface area contributed by atoms with E-state index in [4.69, 9.17) is 34.6 Å². The zero-order chi connectivity index (χ0) is 25.4. The molecule has 0 saturated carbocycles. The van der Waals surface area contributed by atoms with Gasteiger partial charge in [-0.3, -0.25) is 32.7 Å². The Morgan fingerprint density at radius 1 is 1.37 bits per heavy atom. The molecule has 14 heteroatoms. The van der Waals surface area contributed by atoms with Gasteiger partial charge in [0, 0.05) is 30.6 Å². The third-order valence-electron chi connectivity index (χ3n) is 5.58. The maximum atomic E-state index is 15.8. The normalized spacial score (nSPS) is 32.9. The van der Waals surface area contributed by atoms with E-state index < -0.39 is 61.9 Å². The average Bonchev–Trinajstić information content (AvgIpc) is 3.02. The van der Waals surface area contributed by atoms with Crippen LogP contribution in [0.5, 0.6) is 0 Å². The number of rotatable bonds is 6. The third kappa shape index (κ3) is 5.58. The van der Waals surface area contributed by atoms with Gasteiger partial charge in [-0.2, -0.15) is 0 Å². The van der Waals surface area contributed by atoms with Crippen molar-refractivity contribution in [3.63, 3.8) is 0 Å². The van der Waals surface area contributed by atoms with Crippen LogP contribution in [0, 0.1) is 0 Å². The van der Waals surface area contributed by atoms with Gasteiger partial charge in [0.15, 0.2) is 18.0 Å². The van der Waals surface area contributed by atoms with Crippen LogP contribution in [0.15, 0.2) is 46.1 Å². The van der Waals surface area contributed by atoms with Crippen molar-refractivity contribution in [2.75, 3.05) is 13.2 Å². The number of alkyl halides is 1. The van der Waals surface area contributed by atoms with Gasteiger partial charge >= 0.3 is 19.5 Å². The molecule has 1 unspecified atom stereocenters. The van der Waals surface area contributed by atoms with Gasteiger partial charge in [0.2, 0.25) is 0 Å². The Balaban J connectivity index is 1.53. The predicted molar refractivity (Wildman–Crippen MR) is 120 cm³/mol. The van der Waals surface area contributed by atoms with Gasteiger partial charge in [0.1, 0.15) is 6.10 Å². The van der Waals surface area contributed by atoms with Crippen LogP contribution in [0.4, 0.5) is 4.39 Å². The molecule has 190 valence electrons. The Morgan fingerprint density at radius 2 is 2.14 bits per heavy atom. The molecule has 3 heterocycles. The second-order valence-electron chi connectivity index (χ2n) is 8.24. The highest BCUT2D eigenvalue weighted by Gasteiger charge is 2.58. The van der Waals surface area contributed by atoms with Gasteiger partial charge in [-0.05, 0) is 24.6 Å². The Kier molecular flexibility index (Phi) is 7.33. The SMILES string of the molecule is CC(=O)O[C@@H]1[C@@H](COP2(=O)OCC[C@@H](c3cccc(Cl)c3)O2)O[C@@H](n2ccc(=O)[nH]c2=O)[C@]1(C)F. The molecule has 0 radical (unpaired) electrons. The summed E-state index contributed by atoms with van der Waals surface area (Å²) >= 11 is 6.03. The van der Waals surface area contributed by atoms with E-state index in [1.807, 2.05) is 4.98 Å². The lowest BCUT2D eigenvalue weighted by molar-refractivity contribution is -0.155. The van der Waals surface area contributed by atoms with Gasteiger partial charge in [-0.25, -0.2) is 13.8 Å². The van der Waals surface area contributed by atoms with Crippen molar-refractivity contribution < 1.29 is 36.8 Å². The number of benzene rings is 1. The molecule has 2 saturated heterocycles. The lowest BCUT2D eigenvalue weighted by atomic mass is 9.98. The largest absolute Gasteiger partial charge is 0.475 e. The highest BCUT2D eigenvalue weighted by molar-refractivity contribution is 7.48. The summed E-state index contributed by atoms with van der Waals surface area (Å²) < 4.78 is 56.9. The number of H-pyrrole nitrogens is 1. The summed E-state index contributed by atoms with van der Waals surface area (Å²) in [5, 5.41) is 0.475. The fourth-order valence-corrected chi connectivity index (χ4v) is 5.59. The van der Waals surface area contributed by atoms with Crippen LogP contribution in [-0.2, 0) is 32.4 Å². The molecule has 6 atom stereocenters. The van der Waals surface area contributed by atoms with E-state index in [1.54, 1.807) is 24.3 Å². The number of carbonyl (C=O) groups excluding carboxylic acids is 1. The Hall–Kier alpha value is -2.34. The number of esters is 1. The number of hydrogen-bond donors (Lipinski definition) is 1. The number of aromatic nitrogens is 2. The van der Waals surface area contributed by atoms with Crippen molar-refractivity contribution in [3.8, 4) is 0 Å². The summed E-state index contributed by atoms with van der Waals surface area (Å²) in [5.74, 6) is -0.806. The minimum Gasteiger partial charge on any atom is -0.456 e. The maximum Gasteiger partial charge on any atom is 0.475 e. The Morgan fingerprint density at radius 3 is 2.83 bits per heavy atom. The van der Waals surface area contributed by atoms with Crippen molar-refractivity contribution in [1.29, 1.82) is 0 Å². The molecular formula is C21H23ClFN2O9P. The summed E-state index contributed by atoms with van der Waals surface area (Å²) in [6.45, 7) is 1.67. The summed E-state index contributed by atoms with van der Waals surface area (Å²) in [6, 6.07) is 7.84. The van der Waals surface area contributed by atoms with Gasteiger partial charge in [-0.1, -0.05) is 23.7 Å². The van der Waals surface area contributed by atoms with Gasteiger partial charge < -0.3 is 9.47 Å². The van der Waals surface area contributed by atoms with Crippen LogP contribution in [0.3, 0.4) is 0 Å². The van der Waals surface area contributed by atoms with Crippen LogP contribution >= 0.6 is 19.4 Å². The molecule has 0 spiro atoms. The van der Waals surface area contributed by atoms with E-state index in [-0.39, 0.29) is 6.61 Å². The van der Waals surface area contributed by atoms with Crippen LogP contribution < -0.4 is 11.2 Å². The van der Waals surface area contributed by atoms with Crippen LogP contribution in [-0.4, -0.2) is 46.6 Å². The fourth-order valence-electron chi connectivity index (χ4n) is 4.00. The molecule has 35 heavy (non-hydrogen) atoms. The van der Waals surface area contributed by atoms with E-state index in [2.05, 4.69) is 0 Å². The predicted octanol–water partition coefficient (Wildman–Crippen LogP) is 3.05. The summed E-state index contributed by atoms with van der Waals surface area (Å²) in [4.78, 5) is 37.3. The number of ether oxygens (including phenoxy) is 2. The molecule has 0 aliphatic carbocycles. The molecule has 0 amide bonds. The van der Waals surface area contributed by atoms with E-state index in [0.717, 1.165) is 30.7 Å². The van der Waals surface area contributed by atoms with Crippen molar-refractivity contribution in [2.24, 2.45) is 0 Å². The summed E-state index contributed by atoms with van der Waals surface area (Å²) in [7, 11) is -4.11. The van der Waals surface area contributed by atoms with Crippen LogP contribution in [0.1, 0.15) is 38.2 Å². The number of nitrogens with zero attached hydrogens (tertiary/aromatic N) is 1. The molecule has 2 aliphatic heterocycles. The summed E-state index contributed by atoms with van der Waals surface area (Å²) in [5.41, 5.74) is -3.35. The van der Waals surface area contributed by atoms with Crippen LogP contribution in [0.2, 0.25) is 5.02 Å². The molecule has 4 rings (SSSR count). The highest BCUT2D eigenvalue weighted by atomic mass is 35.5. The molecule has 2 fully saturated rings. The minimum absolute atomic E-state index is 0.0591. The topological polar surface area (TPSA) is 135 Å². The quantitative estimate of drug-likeness (QED) is 0.440. The molecule has 11 nitrogen and oxygen atoms in total. The fraction of sp³-hybridized carbons (Fsp3) is 0.476. The van der Waals surface area contributed by atoms with Crippen molar-refractivity contribution in [1.82, 2.24) is 9.55 Å². The van der Waals surface area contributed by atoms with Gasteiger partial charge in [-0.15, -0.1) is 0 Å². The monoisotopic (exact) mass is 532 g/mol. The van der Waals surface area contributed by atoms with E-state index in [1.165, 1.54) is 0 Å². The molecule has 2 aromatic rings. The zero-order valence-corrected chi connectivity index (χ0v) is 20.4. The number of nitrogens with one attached hydrogen (secondary N) is 1. The Bertz CT molecular complexity index is 1270. The van der Waals surface area contributed by atoms with Crippen molar-refractivity contribution >= 4 is 25.4 Å². The number of phosphoric ester groups is 1. The Labute approximate surface area is 203 Å².